The molecule has 0 saturated carbocycles. The van der Waals surface area contributed by atoms with E-state index in [2.05, 4.69) is 6.58 Å². The van der Waals surface area contributed by atoms with E-state index in [1.165, 1.54) is 11.3 Å². The van der Waals surface area contributed by atoms with Crippen molar-refractivity contribution in [1.82, 2.24) is 0 Å². The predicted molar refractivity (Wildman–Crippen MR) is 81.2 cm³/mol. The Morgan fingerprint density at radius 1 is 1.10 bits per heavy atom. The highest BCUT2D eigenvalue weighted by molar-refractivity contribution is 7.24. The van der Waals surface area contributed by atoms with Crippen LogP contribution in [0.15, 0.2) is 60.1 Å². The summed E-state index contributed by atoms with van der Waals surface area (Å²) >= 11 is 1.53. The number of esters is 1. The molecule has 0 atom stereocenters. The van der Waals surface area contributed by atoms with Crippen molar-refractivity contribution in [3.63, 3.8) is 0 Å². The molecule has 1 heterocycles. The van der Waals surface area contributed by atoms with Crippen molar-refractivity contribution in [1.29, 1.82) is 0 Å². The summed E-state index contributed by atoms with van der Waals surface area (Å²) in [5.41, 5.74) is 0.277. The van der Waals surface area contributed by atoms with Gasteiger partial charge in [0.25, 0.3) is 0 Å². The van der Waals surface area contributed by atoms with Crippen molar-refractivity contribution in [3.8, 4) is 0 Å². The molecule has 4 heteroatoms. The molecule has 0 fully saturated rings. The zero-order valence-electron chi connectivity index (χ0n) is 10.5. The number of rotatable bonds is 2. The smallest absolute Gasteiger partial charge is 0.342 e. The molecule has 2 aromatic carbocycles. The van der Waals surface area contributed by atoms with Crippen LogP contribution < -0.4 is 5.43 Å². The number of hydrogen-bond acceptors (Lipinski definition) is 4. The monoisotopic (exact) mass is 282 g/mol. The van der Waals surface area contributed by atoms with Crippen molar-refractivity contribution in [2.75, 3.05) is 0 Å². The quantitative estimate of drug-likeness (QED) is 0.409. The Bertz CT molecular complexity index is 893. The van der Waals surface area contributed by atoms with Crippen LogP contribution in [0.25, 0.3) is 20.2 Å². The molecular formula is C16H10O3S. The zero-order chi connectivity index (χ0) is 14.1. The Hall–Kier alpha value is -2.46. The highest BCUT2D eigenvalue weighted by atomic mass is 32.1. The van der Waals surface area contributed by atoms with Gasteiger partial charge in [-0.05, 0) is 30.3 Å². The van der Waals surface area contributed by atoms with E-state index in [0.29, 0.717) is 16.3 Å². The van der Waals surface area contributed by atoms with Gasteiger partial charge in [0.15, 0.2) is 5.43 Å². The fourth-order valence-corrected chi connectivity index (χ4v) is 3.13. The molecule has 0 radical (unpaired) electrons. The largest absolute Gasteiger partial charge is 0.432 e. The van der Waals surface area contributed by atoms with Crippen LogP contribution in [0.4, 0.5) is 0 Å². The minimum atomic E-state index is -0.514. The zero-order valence-corrected chi connectivity index (χ0v) is 11.3. The Morgan fingerprint density at radius 2 is 1.85 bits per heavy atom. The summed E-state index contributed by atoms with van der Waals surface area (Å²) in [6.07, 6.45) is 1.08. The van der Waals surface area contributed by atoms with E-state index in [9.17, 15) is 9.59 Å². The Kier molecular flexibility index (Phi) is 3.08. The summed E-state index contributed by atoms with van der Waals surface area (Å²) < 4.78 is 6.52. The number of carbonyl (C=O) groups excluding carboxylic acids is 1. The second-order valence-corrected chi connectivity index (χ2v) is 5.29. The van der Waals surface area contributed by atoms with Crippen molar-refractivity contribution < 1.29 is 9.53 Å². The standard InChI is InChI=1S/C16H10O3S/c1-2-19-16(18)10-7-8-14-12(9-10)15(17)11-5-3-4-6-13(11)20-14/h2-9H,1H2. The molecule has 0 amide bonds. The second kappa shape index (κ2) is 4.90. The first kappa shape index (κ1) is 12.6. The van der Waals surface area contributed by atoms with E-state index >= 15 is 0 Å². The molecule has 3 aromatic rings. The first-order valence-corrected chi connectivity index (χ1v) is 6.80. The molecule has 1 aromatic heterocycles. The summed E-state index contributed by atoms with van der Waals surface area (Å²) in [4.78, 5) is 24.1. The SMILES string of the molecule is C=COC(=O)c1ccc2sc3ccccc3c(=O)c2c1. The van der Waals surface area contributed by atoms with E-state index in [1.54, 1.807) is 24.3 Å². The van der Waals surface area contributed by atoms with Crippen LogP contribution in [0.3, 0.4) is 0 Å². The lowest BCUT2D eigenvalue weighted by Crippen LogP contribution is -2.04. The molecule has 98 valence electrons. The van der Waals surface area contributed by atoms with E-state index < -0.39 is 5.97 Å². The molecule has 0 aliphatic carbocycles. The lowest BCUT2D eigenvalue weighted by Gasteiger charge is -2.03. The second-order valence-electron chi connectivity index (χ2n) is 4.21. The third kappa shape index (κ3) is 2.00. The maximum atomic E-state index is 12.5. The Balaban J connectivity index is 2.31. The fourth-order valence-electron chi connectivity index (χ4n) is 2.07. The number of benzene rings is 2. The van der Waals surface area contributed by atoms with Crippen LogP contribution in [0, 0.1) is 0 Å². The topological polar surface area (TPSA) is 43.4 Å². The van der Waals surface area contributed by atoms with E-state index in [1.807, 2.05) is 18.2 Å². The van der Waals surface area contributed by atoms with Crippen LogP contribution >= 0.6 is 11.3 Å². The lowest BCUT2D eigenvalue weighted by atomic mass is 10.1. The summed E-state index contributed by atoms with van der Waals surface area (Å²) in [5, 5.41) is 1.20. The molecule has 3 nitrogen and oxygen atoms in total. The normalized spacial score (nSPS) is 10.6. The summed E-state index contributed by atoms with van der Waals surface area (Å²) in [7, 11) is 0. The Morgan fingerprint density at radius 3 is 2.65 bits per heavy atom. The van der Waals surface area contributed by atoms with Gasteiger partial charge >= 0.3 is 5.97 Å². The summed E-state index contributed by atoms with van der Waals surface area (Å²) in [6.45, 7) is 3.34. The first-order valence-electron chi connectivity index (χ1n) is 5.98. The van der Waals surface area contributed by atoms with Gasteiger partial charge in [-0.25, -0.2) is 4.79 Å². The minimum Gasteiger partial charge on any atom is -0.432 e. The average Bonchev–Trinajstić information content (AvgIpc) is 2.47. The molecule has 3 rings (SSSR count). The molecular weight excluding hydrogens is 272 g/mol. The first-order chi connectivity index (χ1) is 9.70. The van der Waals surface area contributed by atoms with Crippen LogP contribution in [-0.4, -0.2) is 5.97 Å². The van der Waals surface area contributed by atoms with Gasteiger partial charge in [-0.15, -0.1) is 11.3 Å². The highest BCUT2D eigenvalue weighted by Gasteiger charge is 2.10. The van der Waals surface area contributed by atoms with Gasteiger partial charge in [-0.1, -0.05) is 18.7 Å². The third-order valence-electron chi connectivity index (χ3n) is 3.00. The molecule has 0 unspecified atom stereocenters. The highest BCUT2D eigenvalue weighted by Crippen LogP contribution is 2.25. The Labute approximate surface area is 118 Å². The number of hydrogen-bond donors (Lipinski definition) is 0. The van der Waals surface area contributed by atoms with Crippen molar-refractivity contribution in [3.05, 3.63) is 71.1 Å². The minimum absolute atomic E-state index is 0.0670. The summed E-state index contributed by atoms with van der Waals surface area (Å²) in [6, 6.07) is 12.4. The van der Waals surface area contributed by atoms with Gasteiger partial charge in [0.2, 0.25) is 0 Å². The molecule has 0 saturated heterocycles. The third-order valence-corrected chi connectivity index (χ3v) is 4.15. The number of ether oxygens (including phenoxy) is 1. The van der Waals surface area contributed by atoms with Crippen molar-refractivity contribution >= 4 is 37.5 Å². The van der Waals surface area contributed by atoms with Gasteiger partial charge < -0.3 is 4.74 Å². The molecule has 0 aliphatic rings. The van der Waals surface area contributed by atoms with Gasteiger partial charge in [0, 0.05) is 20.2 Å². The molecule has 0 N–H and O–H groups in total. The molecule has 20 heavy (non-hydrogen) atoms. The molecule has 0 aliphatic heterocycles. The van der Waals surface area contributed by atoms with E-state index in [0.717, 1.165) is 15.7 Å². The van der Waals surface area contributed by atoms with Gasteiger partial charge in [-0.2, -0.15) is 0 Å². The van der Waals surface area contributed by atoms with E-state index in [-0.39, 0.29) is 5.43 Å². The number of carbonyl (C=O) groups is 1. The van der Waals surface area contributed by atoms with Crippen LogP contribution in [0.5, 0.6) is 0 Å². The van der Waals surface area contributed by atoms with Crippen molar-refractivity contribution in [2.24, 2.45) is 0 Å². The van der Waals surface area contributed by atoms with Crippen LogP contribution in [0.1, 0.15) is 10.4 Å². The predicted octanol–water partition coefficient (Wildman–Crippen LogP) is 3.72. The lowest BCUT2D eigenvalue weighted by molar-refractivity contribution is 0.0664. The number of fused-ring (bicyclic) bond motifs is 2. The van der Waals surface area contributed by atoms with Gasteiger partial charge in [-0.3, -0.25) is 4.79 Å². The van der Waals surface area contributed by atoms with Gasteiger partial charge in [0.05, 0.1) is 11.8 Å². The average molecular weight is 282 g/mol. The van der Waals surface area contributed by atoms with Crippen LogP contribution in [0.2, 0.25) is 0 Å². The molecule has 0 spiro atoms. The maximum absolute atomic E-state index is 12.5. The fraction of sp³-hybridized carbons (Fsp3) is 0. The van der Waals surface area contributed by atoms with Crippen molar-refractivity contribution in [2.45, 2.75) is 0 Å². The van der Waals surface area contributed by atoms with Crippen LogP contribution in [-0.2, 0) is 4.74 Å². The summed E-state index contributed by atoms with van der Waals surface area (Å²) in [5.74, 6) is -0.514. The van der Waals surface area contributed by atoms with E-state index in [4.69, 9.17) is 4.74 Å². The van der Waals surface area contributed by atoms with Gasteiger partial charge in [0.1, 0.15) is 0 Å². The maximum Gasteiger partial charge on any atom is 0.342 e. The molecule has 0 bridgehead atoms.